The lowest BCUT2D eigenvalue weighted by Gasteiger charge is -2.29. The molecule has 0 saturated carbocycles. The number of nitro groups is 1. The van der Waals surface area contributed by atoms with Gasteiger partial charge in [0.2, 0.25) is 5.91 Å². The SMILES string of the molecule is O=C1CCC(c2ccc(N3CCNCC3)c([N+](=O)[O-])c2)=NN1. The minimum atomic E-state index is -0.358. The van der Waals surface area contributed by atoms with Crippen molar-refractivity contribution in [3.63, 3.8) is 0 Å². The van der Waals surface area contributed by atoms with E-state index in [1.54, 1.807) is 12.1 Å². The zero-order valence-electron chi connectivity index (χ0n) is 12.0. The molecule has 22 heavy (non-hydrogen) atoms. The van der Waals surface area contributed by atoms with Gasteiger partial charge >= 0.3 is 0 Å². The summed E-state index contributed by atoms with van der Waals surface area (Å²) in [6, 6.07) is 5.16. The standard InChI is InChI=1S/C14H17N5O3/c20-14-4-2-11(16-17-14)10-1-3-12(13(9-10)19(21)22)18-7-5-15-6-8-18/h1,3,9,15H,2,4-8H2,(H,17,20). The van der Waals surface area contributed by atoms with Crippen LogP contribution in [0.25, 0.3) is 0 Å². The summed E-state index contributed by atoms with van der Waals surface area (Å²) >= 11 is 0. The highest BCUT2D eigenvalue weighted by Crippen LogP contribution is 2.30. The number of amides is 1. The number of hydrazone groups is 1. The van der Waals surface area contributed by atoms with E-state index >= 15 is 0 Å². The Morgan fingerprint density at radius 1 is 1.23 bits per heavy atom. The molecular formula is C14H17N5O3. The van der Waals surface area contributed by atoms with Crippen molar-refractivity contribution in [1.29, 1.82) is 0 Å². The second-order valence-electron chi connectivity index (χ2n) is 5.29. The Kier molecular flexibility index (Phi) is 4.01. The number of hydrogen-bond acceptors (Lipinski definition) is 6. The topological polar surface area (TPSA) is 99.9 Å². The molecule has 0 aromatic heterocycles. The molecule has 116 valence electrons. The van der Waals surface area contributed by atoms with Crippen LogP contribution in [-0.2, 0) is 4.79 Å². The number of nitrogens with one attached hydrogen (secondary N) is 2. The zero-order chi connectivity index (χ0) is 15.5. The van der Waals surface area contributed by atoms with E-state index in [1.807, 2.05) is 11.0 Å². The van der Waals surface area contributed by atoms with E-state index in [-0.39, 0.29) is 16.5 Å². The van der Waals surface area contributed by atoms with Gasteiger partial charge in [-0.2, -0.15) is 5.10 Å². The molecular weight excluding hydrogens is 286 g/mol. The lowest BCUT2D eigenvalue weighted by atomic mass is 10.0. The Labute approximate surface area is 127 Å². The molecule has 0 atom stereocenters. The monoisotopic (exact) mass is 303 g/mol. The molecule has 2 heterocycles. The molecule has 0 unspecified atom stereocenters. The number of anilines is 1. The van der Waals surface area contributed by atoms with Gasteiger partial charge in [0.05, 0.1) is 10.6 Å². The lowest BCUT2D eigenvalue weighted by Crippen LogP contribution is -2.43. The number of nitro benzene ring substituents is 1. The summed E-state index contributed by atoms with van der Waals surface area (Å²) in [5, 5.41) is 18.6. The van der Waals surface area contributed by atoms with Gasteiger partial charge in [-0.25, -0.2) is 5.43 Å². The molecule has 1 saturated heterocycles. The molecule has 8 nitrogen and oxygen atoms in total. The quantitative estimate of drug-likeness (QED) is 0.630. The summed E-state index contributed by atoms with van der Waals surface area (Å²) in [5.41, 5.74) is 4.50. The maximum absolute atomic E-state index is 11.4. The Bertz CT molecular complexity index is 637. The zero-order valence-corrected chi connectivity index (χ0v) is 12.0. The van der Waals surface area contributed by atoms with Crippen molar-refractivity contribution in [2.24, 2.45) is 5.10 Å². The number of benzene rings is 1. The molecule has 3 rings (SSSR count). The van der Waals surface area contributed by atoms with Crippen molar-refractivity contribution in [1.82, 2.24) is 10.7 Å². The van der Waals surface area contributed by atoms with Crippen molar-refractivity contribution in [3.05, 3.63) is 33.9 Å². The van der Waals surface area contributed by atoms with Crippen molar-refractivity contribution in [3.8, 4) is 0 Å². The number of carbonyl (C=O) groups excluding carboxylic acids is 1. The first-order chi connectivity index (χ1) is 10.6. The lowest BCUT2D eigenvalue weighted by molar-refractivity contribution is -0.384. The third-order valence-corrected chi connectivity index (χ3v) is 3.87. The average Bonchev–Trinajstić information content (AvgIpc) is 2.56. The molecule has 0 radical (unpaired) electrons. The van der Waals surface area contributed by atoms with Crippen LogP contribution in [0.1, 0.15) is 18.4 Å². The molecule has 1 aromatic rings. The van der Waals surface area contributed by atoms with E-state index in [9.17, 15) is 14.9 Å². The summed E-state index contributed by atoms with van der Waals surface area (Å²) in [7, 11) is 0. The van der Waals surface area contributed by atoms with Gasteiger partial charge in [0.1, 0.15) is 5.69 Å². The molecule has 0 bridgehead atoms. The second kappa shape index (κ2) is 6.10. The third-order valence-electron chi connectivity index (χ3n) is 3.87. The van der Waals surface area contributed by atoms with Gasteiger partial charge in [0, 0.05) is 50.7 Å². The molecule has 0 aliphatic carbocycles. The van der Waals surface area contributed by atoms with Crippen LogP contribution in [0, 0.1) is 10.1 Å². The van der Waals surface area contributed by atoms with Crippen molar-refractivity contribution < 1.29 is 9.72 Å². The van der Waals surface area contributed by atoms with E-state index < -0.39 is 0 Å². The summed E-state index contributed by atoms with van der Waals surface area (Å²) < 4.78 is 0. The van der Waals surface area contributed by atoms with Gasteiger partial charge in [0.15, 0.2) is 0 Å². The summed E-state index contributed by atoms with van der Waals surface area (Å²) in [4.78, 5) is 24.2. The number of piperazine rings is 1. The number of carbonyl (C=O) groups is 1. The van der Waals surface area contributed by atoms with E-state index in [0.717, 1.165) is 26.2 Å². The Hall–Kier alpha value is -2.48. The Morgan fingerprint density at radius 2 is 2.00 bits per heavy atom. The maximum atomic E-state index is 11.4. The van der Waals surface area contributed by atoms with Crippen LogP contribution in [0.4, 0.5) is 11.4 Å². The molecule has 0 spiro atoms. The van der Waals surface area contributed by atoms with Crippen molar-refractivity contribution in [2.45, 2.75) is 12.8 Å². The van der Waals surface area contributed by atoms with Crippen LogP contribution in [0.5, 0.6) is 0 Å². The minimum Gasteiger partial charge on any atom is -0.363 e. The Balaban J connectivity index is 1.93. The van der Waals surface area contributed by atoms with Gasteiger partial charge < -0.3 is 10.2 Å². The molecule has 2 aliphatic rings. The van der Waals surface area contributed by atoms with Crippen molar-refractivity contribution >= 4 is 23.0 Å². The smallest absolute Gasteiger partial charge is 0.293 e. The normalized spacial score (nSPS) is 18.6. The van der Waals surface area contributed by atoms with Crippen LogP contribution in [0.2, 0.25) is 0 Å². The van der Waals surface area contributed by atoms with Crippen molar-refractivity contribution in [2.75, 3.05) is 31.1 Å². The highest BCUT2D eigenvalue weighted by molar-refractivity contribution is 6.05. The predicted octanol–water partition coefficient (Wildman–Crippen LogP) is 0.618. The van der Waals surface area contributed by atoms with Gasteiger partial charge in [-0.05, 0) is 6.07 Å². The summed E-state index contributed by atoms with van der Waals surface area (Å²) in [5.74, 6) is -0.129. The highest BCUT2D eigenvalue weighted by Gasteiger charge is 2.23. The molecule has 1 fully saturated rings. The number of rotatable bonds is 3. The van der Waals surface area contributed by atoms with Gasteiger partial charge in [-0.3, -0.25) is 14.9 Å². The molecule has 2 N–H and O–H groups in total. The maximum Gasteiger partial charge on any atom is 0.293 e. The van der Waals surface area contributed by atoms with Gasteiger partial charge in [0.25, 0.3) is 5.69 Å². The Morgan fingerprint density at radius 3 is 2.64 bits per heavy atom. The first-order valence-electron chi connectivity index (χ1n) is 7.25. The fourth-order valence-electron chi connectivity index (χ4n) is 2.70. The number of nitrogens with zero attached hydrogens (tertiary/aromatic N) is 3. The fourth-order valence-corrected chi connectivity index (χ4v) is 2.70. The molecule has 2 aliphatic heterocycles. The fraction of sp³-hybridized carbons (Fsp3) is 0.429. The summed E-state index contributed by atoms with van der Waals surface area (Å²) in [6.45, 7) is 3.13. The van der Waals surface area contributed by atoms with E-state index in [4.69, 9.17) is 0 Å². The van der Waals surface area contributed by atoms with E-state index in [1.165, 1.54) is 0 Å². The minimum absolute atomic E-state index is 0.0824. The average molecular weight is 303 g/mol. The first-order valence-corrected chi connectivity index (χ1v) is 7.25. The highest BCUT2D eigenvalue weighted by atomic mass is 16.6. The second-order valence-corrected chi connectivity index (χ2v) is 5.29. The van der Waals surface area contributed by atoms with E-state index in [2.05, 4.69) is 15.8 Å². The van der Waals surface area contributed by atoms with Crippen LogP contribution in [0.15, 0.2) is 23.3 Å². The summed E-state index contributed by atoms with van der Waals surface area (Å²) in [6.07, 6.45) is 0.849. The number of hydrogen-bond donors (Lipinski definition) is 2. The van der Waals surface area contributed by atoms with Crippen LogP contribution >= 0.6 is 0 Å². The van der Waals surface area contributed by atoms with Gasteiger partial charge in [-0.1, -0.05) is 6.07 Å². The van der Waals surface area contributed by atoms with E-state index in [0.29, 0.717) is 29.8 Å². The van der Waals surface area contributed by atoms with Crippen LogP contribution in [0.3, 0.4) is 0 Å². The first kappa shape index (κ1) is 14.5. The predicted molar refractivity (Wildman–Crippen MR) is 82.1 cm³/mol. The third kappa shape index (κ3) is 2.91. The van der Waals surface area contributed by atoms with Crippen LogP contribution < -0.4 is 15.6 Å². The molecule has 8 heteroatoms. The van der Waals surface area contributed by atoms with Gasteiger partial charge in [-0.15, -0.1) is 0 Å². The molecule has 1 amide bonds. The van der Waals surface area contributed by atoms with Crippen LogP contribution in [-0.4, -0.2) is 42.7 Å². The molecule has 1 aromatic carbocycles. The largest absolute Gasteiger partial charge is 0.363 e.